The zero-order chi connectivity index (χ0) is 20.0. The monoisotopic (exact) mass is 391 g/mol. The number of nitrogens with zero attached hydrogens (tertiary/aromatic N) is 2. The van der Waals surface area contributed by atoms with Gasteiger partial charge in [0, 0.05) is 36.8 Å². The predicted octanol–water partition coefficient (Wildman–Crippen LogP) is 4.70. The molecular formula is C24H29N3O2. The lowest BCUT2D eigenvalue weighted by atomic mass is 9.95. The largest absolute Gasteiger partial charge is 0.453 e. The second-order valence-corrected chi connectivity index (χ2v) is 8.36. The highest BCUT2D eigenvalue weighted by molar-refractivity contribution is 5.96. The van der Waals surface area contributed by atoms with Crippen LogP contribution in [-0.4, -0.2) is 42.0 Å². The molecule has 1 N–H and O–H groups in total. The zero-order valence-electron chi connectivity index (χ0n) is 17.2. The first-order valence-electron chi connectivity index (χ1n) is 10.9. The molecule has 0 unspecified atom stereocenters. The molecular weight excluding hydrogens is 362 g/mol. The molecule has 2 aromatic rings. The maximum absolute atomic E-state index is 12.9. The Morgan fingerprint density at radius 3 is 2.45 bits per heavy atom. The van der Waals surface area contributed by atoms with Gasteiger partial charge in [-0.2, -0.15) is 0 Å². The van der Waals surface area contributed by atoms with Crippen molar-refractivity contribution in [2.45, 2.75) is 57.7 Å². The molecule has 3 atom stereocenters. The Balaban J connectivity index is 1.54. The molecule has 5 nitrogen and oxygen atoms in total. The van der Waals surface area contributed by atoms with E-state index in [0.717, 1.165) is 35.7 Å². The number of benzene rings is 2. The number of hydrogen-bond donors (Lipinski definition) is 1. The lowest BCUT2D eigenvalue weighted by Crippen LogP contribution is -2.47. The van der Waals surface area contributed by atoms with Crippen LogP contribution < -0.4 is 15.0 Å². The lowest BCUT2D eigenvalue weighted by Gasteiger charge is -2.42. The summed E-state index contributed by atoms with van der Waals surface area (Å²) in [6, 6.07) is 15.9. The van der Waals surface area contributed by atoms with Crippen molar-refractivity contribution < 1.29 is 9.53 Å². The Labute approximate surface area is 172 Å². The molecule has 0 aliphatic carbocycles. The fourth-order valence-electron chi connectivity index (χ4n) is 5.24. The minimum atomic E-state index is 0.0618. The summed E-state index contributed by atoms with van der Waals surface area (Å²) in [7, 11) is 0. The van der Waals surface area contributed by atoms with E-state index in [4.69, 9.17) is 4.74 Å². The van der Waals surface area contributed by atoms with Crippen molar-refractivity contribution >= 4 is 17.3 Å². The summed E-state index contributed by atoms with van der Waals surface area (Å²) in [5.41, 5.74) is 2.90. The third-order valence-corrected chi connectivity index (χ3v) is 6.67. The number of para-hydroxylation sites is 2. The smallest absolute Gasteiger partial charge is 0.253 e. The van der Waals surface area contributed by atoms with Gasteiger partial charge in [0.2, 0.25) is 0 Å². The number of amides is 1. The number of nitrogens with one attached hydrogen (secondary N) is 1. The van der Waals surface area contributed by atoms with E-state index < -0.39 is 0 Å². The number of hydrogen-bond acceptors (Lipinski definition) is 4. The van der Waals surface area contributed by atoms with Crippen LogP contribution in [0.25, 0.3) is 0 Å². The normalized spacial score (nSPS) is 24.5. The molecule has 2 saturated heterocycles. The van der Waals surface area contributed by atoms with Crippen molar-refractivity contribution in [2.75, 3.05) is 18.0 Å². The van der Waals surface area contributed by atoms with Crippen LogP contribution >= 0.6 is 0 Å². The molecule has 0 spiro atoms. The molecule has 3 aliphatic rings. The van der Waals surface area contributed by atoms with Crippen LogP contribution in [0, 0.1) is 0 Å². The van der Waals surface area contributed by atoms with Gasteiger partial charge in [0.05, 0.1) is 11.4 Å². The van der Waals surface area contributed by atoms with Crippen LogP contribution in [0.3, 0.4) is 0 Å². The van der Waals surface area contributed by atoms with E-state index in [1.165, 1.54) is 12.8 Å². The Hall–Kier alpha value is -2.53. The molecule has 5 heteroatoms. The number of piperidine rings is 1. The van der Waals surface area contributed by atoms with Gasteiger partial charge in [-0.15, -0.1) is 0 Å². The third-order valence-electron chi connectivity index (χ3n) is 6.67. The average Bonchev–Trinajstić information content (AvgIpc) is 3.09. The molecule has 0 radical (unpaired) electrons. The summed E-state index contributed by atoms with van der Waals surface area (Å²) in [5, 5.41) is 3.75. The number of rotatable bonds is 4. The zero-order valence-corrected chi connectivity index (χ0v) is 17.2. The van der Waals surface area contributed by atoms with Crippen molar-refractivity contribution in [3.8, 4) is 11.5 Å². The fourth-order valence-corrected chi connectivity index (χ4v) is 5.24. The highest BCUT2D eigenvalue weighted by Gasteiger charge is 2.39. The van der Waals surface area contributed by atoms with E-state index in [2.05, 4.69) is 28.4 Å². The molecule has 3 aliphatic heterocycles. The summed E-state index contributed by atoms with van der Waals surface area (Å²) in [6.07, 6.45) is 4.84. The van der Waals surface area contributed by atoms with Gasteiger partial charge in [-0.05, 0) is 69.9 Å². The molecule has 2 bridgehead atoms. The second kappa shape index (κ2) is 7.38. The minimum absolute atomic E-state index is 0.0618. The Bertz CT molecular complexity index is 912. The molecule has 3 heterocycles. The third kappa shape index (κ3) is 3.18. The van der Waals surface area contributed by atoms with Crippen molar-refractivity contribution in [1.29, 1.82) is 0 Å². The van der Waals surface area contributed by atoms with Crippen molar-refractivity contribution in [2.24, 2.45) is 0 Å². The van der Waals surface area contributed by atoms with Crippen LogP contribution in [0.4, 0.5) is 11.4 Å². The van der Waals surface area contributed by atoms with Gasteiger partial charge in [0.25, 0.3) is 5.91 Å². The number of ether oxygens (including phenoxy) is 1. The SMILES string of the molecule is CCN(CC)C(=O)c1ccc2c(c1)Oc1ccccc1N2[C@H]1C[C@H]2CC[C@@H](C1)N2. The van der Waals surface area contributed by atoms with Crippen molar-refractivity contribution in [3.05, 3.63) is 48.0 Å². The first-order chi connectivity index (χ1) is 14.2. The Kier molecular flexibility index (Phi) is 4.70. The summed E-state index contributed by atoms with van der Waals surface area (Å²) < 4.78 is 6.28. The first-order valence-corrected chi connectivity index (χ1v) is 10.9. The molecule has 29 heavy (non-hydrogen) atoms. The molecule has 5 rings (SSSR count). The Morgan fingerprint density at radius 2 is 1.72 bits per heavy atom. The van der Waals surface area contributed by atoms with E-state index in [-0.39, 0.29) is 5.91 Å². The van der Waals surface area contributed by atoms with Crippen molar-refractivity contribution in [3.63, 3.8) is 0 Å². The molecule has 2 aromatic carbocycles. The van der Waals surface area contributed by atoms with Crippen LogP contribution in [-0.2, 0) is 0 Å². The van der Waals surface area contributed by atoms with E-state index in [0.29, 0.717) is 36.8 Å². The van der Waals surface area contributed by atoms with Gasteiger partial charge in [-0.3, -0.25) is 4.79 Å². The quantitative estimate of drug-likeness (QED) is 0.821. The second-order valence-electron chi connectivity index (χ2n) is 8.36. The number of fused-ring (bicyclic) bond motifs is 4. The highest BCUT2D eigenvalue weighted by Crippen LogP contribution is 2.50. The minimum Gasteiger partial charge on any atom is -0.453 e. The molecule has 2 fully saturated rings. The standard InChI is InChI=1S/C24H29N3O2/c1-3-26(4-2)24(28)16-9-12-21-23(13-16)29-22-8-6-5-7-20(22)27(21)19-14-17-10-11-18(15-19)25-17/h5-9,12-13,17-19,25H,3-4,10-11,14-15H2,1-2H3/t17-,18+,19+. The van der Waals surface area contributed by atoms with Crippen molar-refractivity contribution in [1.82, 2.24) is 10.2 Å². The first kappa shape index (κ1) is 18.5. The molecule has 1 amide bonds. The number of anilines is 2. The van der Waals surface area contributed by atoms with Crippen LogP contribution in [0.2, 0.25) is 0 Å². The maximum atomic E-state index is 12.9. The summed E-state index contributed by atoms with van der Waals surface area (Å²) in [6.45, 7) is 5.44. The highest BCUT2D eigenvalue weighted by atomic mass is 16.5. The average molecular weight is 392 g/mol. The summed E-state index contributed by atoms with van der Waals surface area (Å²) >= 11 is 0. The predicted molar refractivity (Wildman–Crippen MR) is 115 cm³/mol. The lowest BCUT2D eigenvalue weighted by molar-refractivity contribution is 0.0772. The van der Waals surface area contributed by atoms with Gasteiger partial charge in [0.15, 0.2) is 11.5 Å². The molecule has 152 valence electrons. The van der Waals surface area contributed by atoms with E-state index >= 15 is 0 Å². The van der Waals surface area contributed by atoms with Gasteiger partial charge >= 0.3 is 0 Å². The number of carbonyl (C=O) groups is 1. The topological polar surface area (TPSA) is 44.8 Å². The maximum Gasteiger partial charge on any atom is 0.253 e. The van der Waals surface area contributed by atoms with E-state index in [9.17, 15) is 4.79 Å². The van der Waals surface area contributed by atoms with Gasteiger partial charge in [-0.1, -0.05) is 12.1 Å². The van der Waals surface area contributed by atoms with E-state index in [1.807, 2.05) is 43.0 Å². The van der Waals surface area contributed by atoms with Gasteiger partial charge < -0.3 is 19.9 Å². The Morgan fingerprint density at radius 1 is 1.03 bits per heavy atom. The van der Waals surface area contributed by atoms with Crippen LogP contribution in [0.15, 0.2) is 42.5 Å². The molecule has 0 aromatic heterocycles. The molecule has 0 saturated carbocycles. The van der Waals surface area contributed by atoms with E-state index in [1.54, 1.807) is 0 Å². The van der Waals surface area contributed by atoms with Crippen LogP contribution in [0.1, 0.15) is 49.9 Å². The van der Waals surface area contributed by atoms with Gasteiger partial charge in [-0.25, -0.2) is 0 Å². The van der Waals surface area contributed by atoms with Crippen LogP contribution in [0.5, 0.6) is 11.5 Å². The summed E-state index contributed by atoms with van der Waals surface area (Å²) in [4.78, 5) is 17.2. The number of carbonyl (C=O) groups excluding carboxylic acids is 1. The fraction of sp³-hybridized carbons (Fsp3) is 0.458. The van der Waals surface area contributed by atoms with Gasteiger partial charge in [0.1, 0.15) is 0 Å². The summed E-state index contributed by atoms with van der Waals surface area (Å²) in [5.74, 6) is 1.72.